The molecule has 0 amide bonds. The zero-order valence-electron chi connectivity index (χ0n) is 11.7. The smallest absolute Gasteiger partial charge is 0.0534 e. The number of nitrogens with zero attached hydrogens (tertiary/aromatic N) is 3. The number of anilines is 1. The molecule has 0 spiro atoms. The fourth-order valence-corrected chi connectivity index (χ4v) is 2.29. The van der Waals surface area contributed by atoms with Crippen molar-refractivity contribution in [2.24, 2.45) is 7.05 Å². The van der Waals surface area contributed by atoms with Gasteiger partial charge in [0.15, 0.2) is 0 Å². The first kappa shape index (κ1) is 13.6. The molecule has 0 radical (unpaired) electrons. The topological polar surface area (TPSA) is 47.1 Å². The third-order valence-corrected chi connectivity index (χ3v) is 3.06. The lowest BCUT2D eigenvalue weighted by Crippen LogP contribution is -2.23. The molecule has 1 heterocycles. The highest BCUT2D eigenvalue weighted by atomic mass is 15.2. The van der Waals surface area contributed by atoms with Crippen molar-refractivity contribution in [1.29, 1.82) is 0 Å². The van der Waals surface area contributed by atoms with E-state index in [9.17, 15) is 0 Å². The number of aromatic nitrogens is 2. The van der Waals surface area contributed by atoms with Crippen LogP contribution in [0.3, 0.4) is 0 Å². The van der Waals surface area contributed by atoms with Gasteiger partial charge in [0, 0.05) is 37.6 Å². The van der Waals surface area contributed by atoms with Crippen LogP contribution in [0.15, 0.2) is 36.7 Å². The Bertz CT molecular complexity index is 518. The van der Waals surface area contributed by atoms with Gasteiger partial charge in [0.25, 0.3) is 0 Å². The second-order valence-corrected chi connectivity index (χ2v) is 4.98. The standard InChI is InChI=1S/C15H22N4/c1-3-7-19(12-14-9-17-18(2)10-14)11-13-5-4-6-15(16)8-13/h4-6,8-10H,3,7,11-12,16H2,1-2H3. The van der Waals surface area contributed by atoms with E-state index in [0.717, 1.165) is 31.7 Å². The SMILES string of the molecule is CCCN(Cc1cccc(N)c1)Cc1cnn(C)c1. The quantitative estimate of drug-likeness (QED) is 0.809. The Morgan fingerprint density at radius 3 is 2.68 bits per heavy atom. The minimum atomic E-state index is 0.829. The predicted molar refractivity (Wildman–Crippen MR) is 78.5 cm³/mol. The van der Waals surface area contributed by atoms with Crippen LogP contribution in [0.25, 0.3) is 0 Å². The van der Waals surface area contributed by atoms with Gasteiger partial charge in [-0.2, -0.15) is 5.10 Å². The average Bonchev–Trinajstić information content (AvgIpc) is 2.75. The van der Waals surface area contributed by atoms with Crippen LogP contribution in [0.2, 0.25) is 0 Å². The Labute approximate surface area is 114 Å². The highest BCUT2D eigenvalue weighted by Crippen LogP contribution is 2.12. The van der Waals surface area contributed by atoms with Crippen molar-refractivity contribution in [3.05, 3.63) is 47.8 Å². The van der Waals surface area contributed by atoms with E-state index in [1.807, 2.05) is 36.1 Å². The van der Waals surface area contributed by atoms with Gasteiger partial charge in [-0.15, -0.1) is 0 Å². The maximum atomic E-state index is 5.83. The van der Waals surface area contributed by atoms with Crippen molar-refractivity contribution in [1.82, 2.24) is 14.7 Å². The molecule has 0 unspecified atom stereocenters. The van der Waals surface area contributed by atoms with Gasteiger partial charge in [0.1, 0.15) is 0 Å². The normalized spacial score (nSPS) is 11.1. The van der Waals surface area contributed by atoms with Gasteiger partial charge in [-0.1, -0.05) is 19.1 Å². The Balaban J connectivity index is 2.03. The molecule has 1 aromatic heterocycles. The van der Waals surface area contributed by atoms with Gasteiger partial charge in [-0.25, -0.2) is 0 Å². The highest BCUT2D eigenvalue weighted by Gasteiger charge is 2.07. The molecule has 0 aliphatic carbocycles. The average molecular weight is 258 g/mol. The molecule has 0 aliphatic rings. The van der Waals surface area contributed by atoms with Crippen LogP contribution in [0, 0.1) is 0 Å². The Morgan fingerprint density at radius 1 is 1.26 bits per heavy atom. The molecule has 4 heteroatoms. The molecular weight excluding hydrogens is 236 g/mol. The summed E-state index contributed by atoms with van der Waals surface area (Å²) < 4.78 is 1.85. The number of nitrogens with two attached hydrogens (primary N) is 1. The van der Waals surface area contributed by atoms with E-state index in [1.165, 1.54) is 11.1 Å². The monoisotopic (exact) mass is 258 g/mol. The number of rotatable bonds is 6. The van der Waals surface area contributed by atoms with E-state index in [0.29, 0.717) is 0 Å². The molecule has 19 heavy (non-hydrogen) atoms. The first-order valence-corrected chi connectivity index (χ1v) is 6.71. The van der Waals surface area contributed by atoms with Crippen LogP contribution in [0.1, 0.15) is 24.5 Å². The van der Waals surface area contributed by atoms with Crippen molar-refractivity contribution >= 4 is 5.69 Å². The summed E-state index contributed by atoms with van der Waals surface area (Å²) in [6, 6.07) is 8.11. The molecule has 102 valence electrons. The Hall–Kier alpha value is -1.81. The molecule has 4 nitrogen and oxygen atoms in total. The molecule has 0 saturated heterocycles. The predicted octanol–water partition coefficient (Wildman–Crippen LogP) is 2.41. The summed E-state index contributed by atoms with van der Waals surface area (Å²) in [5.41, 5.74) is 9.17. The first-order valence-electron chi connectivity index (χ1n) is 6.71. The largest absolute Gasteiger partial charge is 0.399 e. The van der Waals surface area contributed by atoms with Gasteiger partial charge >= 0.3 is 0 Å². The molecule has 2 rings (SSSR count). The number of benzene rings is 1. The Morgan fingerprint density at radius 2 is 2.05 bits per heavy atom. The Kier molecular flexibility index (Phi) is 4.58. The summed E-state index contributed by atoms with van der Waals surface area (Å²) in [7, 11) is 1.95. The second-order valence-electron chi connectivity index (χ2n) is 4.98. The molecule has 0 saturated carbocycles. The number of hydrogen-bond donors (Lipinski definition) is 1. The summed E-state index contributed by atoms with van der Waals surface area (Å²) in [6.07, 6.45) is 5.15. The molecule has 0 fully saturated rings. The summed E-state index contributed by atoms with van der Waals surface area (Å²) in [6.45, 7) is 5.13. The van der Waals surface area contributed by atoms with Crippen LogP contribution >= 0.6 is 0 Å². The lowest BCUT2D eigenvalue weighted by molar-refractivity contribution is 0.257. The van der Waals surface area contributed by atoms with Gasteiger partial charge in [0.2, 0.25) is 0 Å². The molecule has 1 aromatic carbocycles. The van der Waals surface area contributed by atoms with E-state index >= 15 is 0 Å². The summed E-state index contributed by atoms with van der Waals surface area (Å²) in [5, 5.41) is 4.22. The minimum Gasteiger partial charge on any atom is -0.399 e. The van der Waals surface area contributed by atoms with Crippen LogP contribution < -0.4 is 5.73 Å². The molecule has 2 aromatic rings. The van der Waals surface area contributed by atoms with Gasteiger partial charge < -0.3 is 5.73 Å². The highest BCUT2D eigenvalue weighted by molar-refractivity contribution is 5.40. The van der Waals surface area contributed by atoms with Crippen molar-refractivity contribution in [2.45, 2.75) is 26.4 Å². The van der Waals surface area contributed by atoms with E-state index in [1.54, 1.807) is 0 Å². The van der Waals surface area contributed by atoms with Crippen LogP contribution in [0.4, 0.5) is 5.69 Å². The van der Waals surface area contributed by atoms with Gasteiger partial charge in [-0.3, -0.25) is 9.58 Å². The van der Waals surface area contributed by atoms with E-state index in [4.69, 9.17) is 5.73 Å². The van der Waals surface area contributed by atoms with Crippen molar-refractivity contribution < 1.29 is 0 Å². The summed E-state index contributed by atoms with van der Waals surface area (Å²) in [5.74, 6) is 0. The fourth-order valence-electron chi connectivity index (χ4n) is 2.29. The van der Waals surface area contributed by atoms with Gasteiger partial charge in [-0.05, 0) is 30.7 Å². The van der Waals surface area contributed by atoms with Crippen molar-refractivity contribution in [2.75, 3.05) is 12.3 Å². The van der Waals surface area contributed by atoms with Crippen LogP contribution in [-0.4, -0.2) is 21.2 Å². The maximum Gasteiger partial charge on any atom is 0.0534 e. The number of hydrogen-bond acceptors (Lipinski definition) is 3. The first-order chi connectivity index (χ1) is 9.17. The molecule has 0 aliphatic heterocycles. The molecule has 0 bridgehead atoms. The van der Waals surface area contributed by atoms with E-state index in [2.05, 4.69) is 29.2 Å². The summed E-state index contributed by atoms with van der Waals surface area (Å²) in [4.78, 5) is 2.42. The van der Waals surface area contributed by atoms with Crippen molar-refractivity contribution in [3.63, 3.8) is 0 Å². The van der Waals surface area contributed by atoms with Crippen LogP contribution in [-0.2, 0) is 20.1 Å². The maximum absolute atomic E-state index is 5.83. The second kappa shape index (κ2) is 6.38. The number of aryl methyl sites for hydroxylation is 1. The third kappa shape index (κ3) is 4.10. The zero-order chi connectivity index (χ0) is 13.7. The minimum absolute atomic E-state index is 0.829. The third-order valence-electron chi connectivity index (χ3n) is 3.06. The lowest BCUT2D eigenvalue weighted by Gasteiger charge is -2.21. The molecular formula is C15H22N4. The van der Waals surface area contributed by atoms with E-state index < -0.39 is 0 Å². The number of nitrogen functional groups attached to an aromatic ring is 1. The van der Waals surface area contributed by atoms with E-state index in [-0.39, 0.29) is 0 Å². The zero-order valence-corrected chi connectivity index (χ0v) is 11.7. The molecule has 0 atom stereocenters. The lowest BCUT2D eigenvalue weighted by atomic mass is 10.2. The van der Waals surface area contributed by atoms with Crippen molar-refractivity contribution in [3.8, 4) is 0 Å². The molecule has 2 N–H and O–H groups in total. The van der Waals surface area contributed by atoms with Crippen LogP contribution in [0.5, 0.6) is 0 Å². The summed E-state index contributed by atoms with van der Waals surface area (Å²) >= 11 is 0. The fraction of sp³-hybridized carbons (Fsp3) is 0.400. The van der Waals surface area contributed by atoms with Gasteiger partial charge in [0.05, 0.1) is 6.20 Å².